The van der Waals surface area contributed by atoms with Gasteiger partial charge in [0.25, 0.3) is 0 Å². The SMILES string of the molecule is COc1ccc(C(C2=CCC(OC)C=C2)(c2ccc(OC)cc2)n2cc(-c3ccc(C(OC)C(=O)c4ccc(-c5cc(OC)c(Br)c(OC)c5)o4)cc3)cn2)cc1. The molecule has 0 fully saturated rings. The second-order valence-corrected chi connectivity index (χ2v) is 14.1. The molecule has 1 aliphatic carbocycles. The minimum absolute atomic E-state index is 0.0257. The van der Waals surface area contributed by atoms with Crippen LogP contribution in [0.4, 0.5) is 0 Å². The smallest absolute Gasteiger partial charge is 0.231 e. The second-order valence-electron chi connectivity index (χ2n) is 13.3. The number of nitrogens with zero attached hydrogens (tertiary/aromatic N) is 2. The van der Waals surface area contributed by atoms with E-state index < -0.39 is 11.6 Å². The zero-order chi connectivity index (χ0) is 40.1. The number of halogens is 1. The number of hydrogen-bond acceptors (Lipinski definition) is 9. The fourth-order valence-electron chi connectivity index (χ4n) is 7.27. The van der Waals surface area contributed by atoms with E-state index >= 15 is 0 Å². The summed E-state index contributed by atoms with van der Waals surface area (Å²) in [6, 6.07) is 30.9. The first-order valence-corrected chi connectivity index (χ1v) is 19.0. The van der Waals surface area contributed by atoms with Crippen molar-refractivity contribution in [1.29, 1.82) is 0 Å². The Balaban J connectivity index is 1.23. The molecule has 2 heterocycles. The van der Waals surface area contributed by atoms with Crippen molar-refractivity contribution in [3.05, 3.63) is 160 Å². The molecule has 0 amide bonds. The minimum Gasteiger partial charge on any atom is -0.497 e. The van der Waals surface area contributed by atoms with Crippen molar-refractivity contribution in [1.82, 2.24) is 9.78 Å². The zero-order valence-corrected chi connectivity index (χ0v) is 34.1. The molecule has 1 aliphatic rings. The van der Waals surface area contributed by atoms with Crippen LogP contribution in [-0.4, -0.2) is 64.3 Å². The summed E-state index contributed by atoms with van der Waals surface area (Å²) in [5, 5.41) is 5.05. The van der Waals surface area contributed by atoms with Crippen molar-refractivity contribution < 1.29 is 37.6 Å². The molecule has 0 bridgehead atoms. The van der Waals surface area contributed by atoms with Crippen LogP contribution in [0.3, 0.4) is 0 Å². The van der Waals surface area contributed by atoms with Crippen LogP contribution in [0.15, 0.2) is 142 Å². The van der Waals surface area contributed by atoms with E-state index in [4.69, 9.17) is 37.9 Å². The molecule has 0 aliphatic heterocycles. The number of aromatic nitrogens is 2. The third kappa shape index (κ3) is 7.53. The Kier molecular flexibility index (Phi) is 11.8. The van der Waals surface area contributed by atoms with Gasteiger partial charge in [-0.3, -0.25) is 9.48 Å². The molecule has 292 valence electrons. The summed E-state index contributed by atoms with van der Waals surface area (Å²) in [6.07, 6.45) is 10.1. The number of Topliss-reactive ketones (excluding diaryl/α,β-unsaturated/α-hetero) is 1. The van der Waals surface area contributed by atoms with Crippen molar-refractivity contribution in [3.8, 4) is 45.4 Å². The van der Waals surface area contributed by atoms with Gasteiger partial charge in [-0.25, -0.2) is 0 Å². The van der Waals surface area contributed by atoms with Crippen LogP contribution >= 0.6 is 15.9 Å². The Morgan fingerprint density at radius 3 is 1.89 bits per heavy atom. The molecule has 57 heavy (non-hydrogen) atoms. The molecule has 0 radical (unpaired) electrons. The van der Waals surface area contributed by atoms with Crippen LogP contribution in [0, 0.1) is 0 Å². The van der Waals surface area contributed by atoms with Crippen LogP contribution < -0.4 is 18.9 Å². The highest BCUT2D eigenvalue weighted by Crippen LogP contribution is 2.45. The first kappa shape index (κ1) is 39.4. The molecule has 2 atom stereocenters. The molecule has 10 nitrogen and oxygen atoms in total. The summed E-state index contributed by atoms with van der Waals surface area (Å²) in [5.41, 5.74) is 5.33. The number of rotatable bonds is 15. The lowest BCUT2D eigenvalue weighted by atomic mass is 9.74. The van der Waals surface area contributed by atoms with E-state index in [2.05, 4.69) is 64.6 Å². The molecule has 0 saturated heterocycles. The van der Waals surface area contributed by atoms with E-state index in [0.29, 0.717) is 39.3 Å². The van der Waals surface area contributed by atoms with Gasteiger partial charge >= 0.3 is 0 Å². The maximum atomic E-state index is 13.8. The molecule has 11 heteroatoms. The standard InChI is InChI=1S/C46H43BrN2O8/c1-51-36-17-11-33(12-18-36)46(34-13-19-37(52-2)20-14-34,35-15-21-38(53-3)22-16-35)49-28-32(27-48-49)29-7-9-30(10-8-29)45(56-6)44(50)40-24-23-39(57-40)31-25-41(54-4)43(47)42(26-31)55-5/h7-21,23-28,38,45H,22H2,1-6H3. The normalized spacial score (nSPS) is 14.5. The van der Waals surface area contributed by atoms with Crippen molar-refractivity contribution >= 4 is 21.7 Å². The Morgan fingerprint density at radius 1 is 0.772 bits per heavy atom. The van der Waals surface area contributed by atoms with Gasteiger partial charge in [-0.15, -0.1) is 0 Å². The first-order valence-electron chi connectivity index (χ1n) is 18.2. The molecule has 4 aromatic carbocycles. The van der Waals surface area contributed by atoms with Crippen molar-refractivity contribution in [2.45, 2.75) is 24.2 Å². The second kappa shape index (κ2) is 17.1. The Labute approximate surface area is 340 Å². The summed E-state index contributed by atoms with van der Waals surface area (Å²) in [7, 11) is 9.69. The molecule has 0 spiro atoms. The summed E-state index contributed by atoms with van der Waals surface area (Å²) in [4.78, 5) is 13.8. The van der Waals surface area contributed by atoms with Gasteiger partial charge in [-0.05, 0) is 98.7 Å². The molecule has 0 saturated carbocycles. The lowest BCUT2D eigenvalue weighted by Crippen LogP contribution is -2.39. The molecular formula is C46H43BrN2O8. The van der Waals surface area contributed by atoms with Gasteiger partial charge in [-0.1, -0.05) is 66.8 Å². The zero-order valence-electron chi connectivity index (χ0n) is 32.5. The Morgan fingerprint density at radius 2 is 1.39 bits per heavy atom. The number of ether oxygens (including phenoxy) is 6. The van der Waals surface area contributed by atoms with Gasteiger partial charge in [0.05, 0.1) is 40.7 Å². The number of allylic oxidation sites excluding steroid dienone is 2. The number of furan rings is 1. The number of carbonyl (C=O) groups is 1. The molecule has 2 unspecified atom stereocenters. The minimum atomic E-state index is -0.895. The Hall–Kier alpha value is -5.88. The summed E-state index contributed by atoms with van der Waals surface area (Å²) >= 11 is 3.50. The van der Waals surface area contributed by atoms with Gasteiger partial charge in [0.2, 0.25) is 5.78 Å². The van der Waals surface area contributed by atoms with Gasteiger partial charge < -0.3 is 32.8 Å². The van der Waals surface area contributed by atoms with E-state index in [0.717, 1.165) is 39.3 Å². The molecule has 7 rings (SSSR count). The highest BCUT2D eigenvalue weighted by Gasteiger charge is 2.41. The average Bonchev–Trinajstić information content (AvgIpc) is 3.97. The van der Waals surface area contributed by atoms with Crippen LogP contribution in [0.5, 0.6) is 23.0 Å². The molecule has 0 N–H and O–H groups in total. The van der Waals surface area contributed by atoms with Gasteiger partial charge in [-0.2, -0.15) is 5.10 Å². The van der Waals surface area contributed by atoms with E-state index in [1.807, 2.05) is 71.5 Å². The van der Waals surface area contributed by atoms with Crippen molar-refractivity contribution in [3.63, 3.8) is 0 Å². The van der Waals surface area contributed by atoms with Gasteiger partial charge in [0.1, 0.15) is 44.9 Å². The fraction of sp³-hybridized carbons (Fsp3) is 0.217. The topological polar surface area (TPSA) is 103 Å². The highest BCUT2D eigenvalue weighted by atomic mass is 79.9. The summed E-state index contributed by atoms with van der Waals surface area (Å²) < 4.78 is 42.2. The van der Waals surface area contributed by atoms with Gasteiger partial charge in [0.15, 0.2) is 5.76 Å². The lowest BCUT2D eigenvalue weighted by Gasteiger charge is -2.38. The van der Waals surface area contributed by atoms with E-state index in [-0.39, 0.29) is 17.6 Å². The average molecular weight is 832 g/mol. The monoisotopic (exact) mass is 830 g/mol. The van der Waals surface area contributed by atoms with Crippen molar-refractivity contribution in [2.75, 3.05) is 42.7 Å². The number of methoxy groups -OCH3 is 6. The maximum absolute atomic E-state index is 13.8. The predicted molar refractivity (Wildman–Crippen MR) is 221 cm³/mol. The fourth-order valence-corrected chi connectivity index (χ4v) is 7.82. The van der Waals surface area contributed by atoms with Gasteiger partial charge in [0, 0.05) is 31.5 Å². The number of benzene rings is 4. The number of ketones is 1. The summed E-state index contributed by atoms with van der Waals surface area (Å²) in [5.74, 6) is 3.00. The van der Waals surface area contributed by atoms with Crippen LogP contribution in [0.1, 0.15) is 39.8 Å². The van der Waals surface area contributed by atoms with E-state index in [9.17, 15) is 4.79 Å². The first-order chi connectivity index (χ1) is 27.8. The number of carbonyl (C=O) groups excluding carboxylic acids is 1. The quantitative estimate of drug-likeness (QED) is 0.0936. The predicted octanol–water partition coefficient (Wildman–Crippen LogP) is 9.87. The highest BCUT2D eigenvalue weighted by molar-refractivity contribution is 9.10. The third-order valence-electron chi connectivity index (χ3n) is 10.3. The van der Waals surface area contributed by atoms with E-state index in [1.54, 1.807) is 47.7 Å². The Bertz CT molecular complexity index is 2320. The molecule has 6 aromatic rings. The maximum Gasteiger partial charge on any atom is 0.231 e. The molecule has 2 aromatic heterocycles. The third-order valence-corrected chi connectivity index (χ3v) is 11.1. The van der Waals surface area contributed by atoms with Crippen LogP contribution in [-0.2, 0) is 15.0 Å². The van der Waals surface area contributed by atoms with E-state index in [1.165, 1.54) is 7.11 Å². The number of hydrogen-bond donors (Lipinski definition) is 0. The summed E-state index contributed by atoms with van der Waals surface area (Å²) in [6.45, 7) is 0. The molecular weight excluding hydrogens is 788 g/mol. The van der Waals surface area contributed by atoms with Crippen LogP contribution in [0.2, 0.25) is 0 Å². The van der Waals surface area contributed by atoms with Crippen LogP contribution in [0.25, 0.3) is 22.5 Å². The largest absolute Gasteiger partial charge is 0.497 e. The van der Waals surface area contributed by atoms with Crippen molar-refractivity contribution in [2.24, 2.45) is 0 Å². The lowest BCUT2D eigenvalue weighted by molar-refractivity contribution is 0.0577.